The number of ketones is 1. The van der Waals surface area contributed by atoms with Crippen LogP contribution < -0.4 is 16.0 Å². The summed E-state index contributed by atoms with van der Waals surface area (Å²) >= 11 is 0. The number of para-hydroxylation sites is 1. The van der Waals surface area contributed by atoms with Gasteiger partial charge < -0.3 is 25.3 Å². The summed E-state index contributed by atoms with van der Waals surface area (Å²) < 4.78 is 13.3. The minimum absolute atomic E-state index is 0.0218. The van der Waals surface area contributed by atoms with Gasteiger partial charge in [-0.05, 0) is 67.9 Å². The summed E-state index contributed by atoms with van der Waals surface area (Å²) in [6, 6.07) is 8.77. The molecule has 0 aromatic heterocycles. The lowest BCUT2D eigenvalue weighted by molar-refractivity contribution is -0.199. The van der Waals surface area contributed by atoms with Gasteiger partial charge in [0.2, 0.25) is 5.91 Å². The second-order valence-electron chi connectivity index (χ2n) is 15.1. The Labute approximate surface area is 272 Å². The minimum Gasteiger partial charge on any atom is -0.404 e. The lowest BCUT2D eigenvalue weighted by Crippen LogP contribution is -2.65. The van der Waals surface area contributed by atoms with Crippen LogP contribution in [0.3, 0.4) is 0 Å². The molecule has 8 nitrogen and oxygen atoms in total. The largest absolute Gasteiger partial charge is 0.481 e. The van der Waals surface area contributed by atoms with E-state index >= 15 is 0 Å². The van der Waals surface area contributed by atoms with E-state index in [2.05, 4.69) is 57.5 Å². The van der Waals surface area contributed by atoms with Gasteiger partial charge in [0.15, 0.2) is 0 Å². The fourth-order valence-electron chi connectivity index (χ4n) is 7.94. The third-order valence-corrected chi connectivity index (χ3v) is 10.8. The van der Waals surface area contributed by atoms with E-state index in [9.17, 15) is 14.4 Å². The van der Waals surface area contributed by atoms with Gasteiger partial charge in [0, 0.05) is 25.1 Å². The number of benzene rings is 1. The molecule has 4 aliphatic rings. The number of carbonyl (C=O) groups is 3. The van der Waals surface area contributed by atoms with Gasteiger partial charge in [0.05, 0.1) is 23.6 Å². The molecule has 0 radical (unpaired) electrons. The molecule has 1 saturated heterocycles. The zero-order chi connectivity index (χ0) is 32.6. The van der Waals surface area contributed by atoms with E-state index in [0.717, 1.165) is 32.1 Å². The Morgan fingerprint density at radius 2 is 1.67 bits per heavy atom. The van der Waals surface area contributed by atoms with Crippen LogP contribution in [0, 0.1) is 29.1 Å². The highest BCUT2D eigenvalue weighted by Gasteiger charge is 2.68. The second-order valence-corrected chi connectivity index (χ2v) is 15.1. The Balaban J connectivity index is 1.38. The molecule has 9 heteroatoms. The number of hydrogen-bond acceptors (Lipinski definition) is 5. The smallest absolute Gasteiger partial charge is 0.404 e. The second kappa shape index (κ2) is 15.9. The molecule has 3 aliphatic carbocycles. The Hall–Kier alpha value is -2.39. The molecule has 3 amide bonds. The van der Waals surface area contributed by atoms with Crippen LogP contribution in [-0.4, -0.2) is 49.0 Å². The van der Waals surface area contributed by atoms with Gasteiger partial charge in [-0.15, -0.1) is 0 Å². The number of hydrogen-bond donors (Lipinski definition) is 3. The maximum Gasteiger partial charge on any atom is 0.481 e. The van der Waals surface area contributed by atoms with Crippen LogP contribution in [0.15, 0.2) is 30.3 Å². The number of carbonyl (C=O) groups excluding carboxylic acids is 3. The van der Waals surface area contributed by atoms with Crippen molar-refractivity contribution in [2.45, 2.75) is 136 Å². The fourth-order valence-corrected chi connectivity index (χ4v) is 7.94. The molecule has 0 unspecified atom stereocenters. The number of nitrogens with one attached hydrogen (secondary N) is 3. The number of rotatable bonds is 18. The van der Waals surface area contributed by atoms with Crippen molar-refractivity contribution in [3.63, 3.8) is 0 Å². The summed E-state index contributed by atoms with van der Waals surface area (Å²) in [7, 11) is -0.542. The van der Waals surface area contributed by atoms with Gasteiger partial charge in [0.1, 0.15) is 5.78 Å². The molecule has 250 valence electrons. The van der Waals surface area contributed by atoms with Gasteiger partial charge in [-0.1, -0.05) is 91.3 Å². The van der Waals surface area contributed by atoms with Crippen LogP contribution in [0.1, 0.15) is 119 Å². The lowest BCUT2D eigenvalue weighted by Gasteiger charge is -2.64. The number of urea groups is 1. The fraction of sp³-hybridized carbons (Fsp3) is 0.750. The Morgan fingerprint density at radius 3 is 2.33 bits per heavy atom. The zero-order valence-corrected chi connectivity index (χ0v) is 28.7. The number of Topliss-reactive ketones (excluding diaryl/α,β-unsaturated/α-hetero) is 1. The monoisotopic (exact) mass is 623 g/mol. The van der Waals surface area contributed by atoms with Crippen LogP contribution in [0.4, 0.5) is 10.5 Å². The van der Waals surface area contributed by atoms with Crippen molar-refractivity contribution < 1.29 is 23.7 Å². The van der Waals surface area contributed by atoms with E-state index in [1.165, 1.54) is 25.7 Å². The summed E-state index contributed by atoms with van der Waals surface area (Å²) in [4.78, 5) is 39.7. The van der Waals surface area contributed by atoms with Crippen molar-refractivity contribution in [1.29, 1.82) is 0 Å². The van der Waals surface area contributed by atoms with Gasteiger partial charge >= 0.3 is 13.1 Å². The van der Waals surface area contributed by atoms with Crippen LogP contribution >= 0.6 is 0 Å². The van der Waals surface area contributed by atoms with E-state index in [1.54, 1.807) is 12.1 Å². The maximum absolute atomic E-state index is 13.9. The standard InChI is InChI=1S/C36H58BN3O5/c1-7-8-9-10-11-12-16-19-29(41)21-26(24-38-34(43)39-28-17-14-13-15-18-28)33(42)40-32(20-25(2)3)37-44-31-23-27-22-30(35(27,4)5)36(31,6)45-37/h13-15,17-18,25-27,30-32H,7-12,16,19-24H2,1-6H3,(H,40,42)(H2,38,39,43)/t26-,27-,30-,31+,32-,36-/m0/s1. The molecular formula is C36H58BN3O5. The Kier molecular flexibility index (Phi) is 12.6. The molecule has 1 aliphatic heterocycles. The molecule has 6 atom stereocenters. The first-order valence-electron chi connectivity index (χ1n) is 17.7. The molecule has 3 N–H and O–H groups in total. The highest BCUT2D eigenvalue weighted by atomic mass is 16.7. The molecule has 1 aromatic carbocycles. The molecule has 5 rings (SSSR count). The zero-order valence-electron chi connectivity index (χ0n) is 28.7. The molecule has 3 saturated carbocycles. The lowest BCUT2D eigenvalue weighted by atomic mass is 9.43. The predicted molar refractivity (Wildman–Crippen MR) is 181 cm³/mol. The number of amides is 3. The molecule has 4 fully saturated rings. The van der Waals surface area contributed by atoms with Crippen LogP contribution in [0.25, 0.3) is 0 Å². The molecular weight excluding hydrogens is 565 g/mol. The normalized spacial score (nSPS) is 26.0. The first-order valence-corrected chi connectivity index (χ1v) is 17.7. The molecule has 1 aromatic rings. The van der Waals surface area contributed by atoms with Crippen molar-refractivity contribution in [3.05, 3.63) is 30.3 Å². The van der Waals surface area contributed by atoms with Crippen molar-refractivity contribution in [2.75, 3.05) is 11.9 Å². The van der Waals surface area contributed by atoms with Crippen molar-refractivity contribution in [1.82, 2.24) is 10.6 Å². The predicted octanol–water partition coefficient (Wildman–Crippen LogP) is 7.32. The van der Waals surface area contributed by atoms with E-state index in [0.29, 0.717) is 36.3 Å². The number of unbranched alkanes of at least 4 members (excludes halogenated alkanes) is 6. The average molecular weight is 624 g/mol. The quantitative estimate of drug-likeness (QED) is 0.117. The van der Waals surface area contributed by atoms with Crippen molar-refractivity contribution in [2.24, 2.45) is 29.1 Å². The maximum atomic E-state index is 13.9. The van der Waals surface area contributed by atoms with Gasteiger partial charge in [0.25, 0.3) is 0 Å². The topological polar surface area (TPSA) is 106 Å². The SMILES string of the molecule is CCCCCCCCCC(=O)C[C@@H](CNC(=O)Nc1ccccc1)C(=O)N[C@@H](CC(C)C)B1O[C@@H]2C[C@@H]3C[C@@H](C3(C)C)[C@]2(C)O1. The first-order chi connectivity index (χ1) is 21.4. The van der Waals surface area contributed by atoms with Gasteiger partial charge in [-0.3, -0.25) is 9.59 Å². The van der Waals surface area contributed by atoms with Gasteiger partial charge in [-0.25, -0.2) is 4.79 Å². The van der Waals surface area contributed by atoms with Crippen LogP contribution in [0.2, 0.25) is 0 Å². The van der Waals surface area contributed by atoms with Crippen LogP contribution in [-0.2, 0) is 18.9 Å². The molecule has 0 spiro atoms. The van der Waals surface area contributed by atoms with E-state index in [4.69, 9.17) is 9.31 Å². The van der Waals surface area contributed by atoms with E-state index in [-0.39, 0.29) is 47.7 Å². The van der Waals surface area contributed by atoms with Gasteiger partial charge in [-0.2, -0.15) is 0 Å². The van der Waals surface area contributed by atoms with E-state index in [1.807, 2.05) is 18.2 Å². The molecule has 45 heavy (non-hydrogen) atoms. The summed E-state index contributed by atoms with van der Waals surface area (Å²) in [5, 5.41) is 8.87. The highest BCUT2D eigenvalue weighted by Crippen LogP contribution is 2.65. The summed E-state index contributed by atoms with van der Waals surface area (Å²) in [6.45, 7) is 13.4. The molecule has 2 bridgehead atoms. The summed E-state index contributed by atoms with van der Waals surface area (Å²) in [6.07, 6.45) is 11.3. The highest BCUT2D eigenvalue weighted by molar-refractivity contribution is 6.47. The van der Waals surface area contributed by atoms with Crippen molar-refractivity contribution >= 4 is 30.5 Å². The summed E-state index contributed by atoms with van der Waals surface area (Å²) in [5.74, 6) is 0.145. The third-order valence-electron chi connectivity index (χ3n) is 10.8. The number of anilines is 1. The minimum atomic E-state index is -0.691. The molecule has 1 heterocycles. The van der Waals surface area contributed by atoms with Crippen molar-refractivity contribution in [3.8, 4) is 0 Å². The Morgan fingerprint density at radius 1 is 0.978 bits per heavy atom. The third kappa shape index (κ3) is 9.12. The average Bonchev–Trinajstić information content (AvgIpc) is 3.36. The van der Waals surface area contributed by atoms with Crippen LogP contribution in [0.5, 0.6) is 0 Å². The Bertz CT molecular complexity index is 1130. The first kappa shape index (κ1) is 35.5. The summed E-state index contributed by atoms with van der Waals surface area (Å²) in [5.41, 5.74) is 0.522. The van der Waals surface area contributed by atoms with E-state index < -0.39 is 19.1 Å².